The van der Waals surface area contributed by atoms with Crippen LogP contribution in [0, 0.1) is 5.41 Å². The van der Waals surface area contributed by atoms with Gasteiger partial charge in [-0.15, -0.1) is 13.2 Å². The van der Waals surface area contributed by atoms with Crippen LogP contribution in [0.4, 0.5) is 18.9 Å². The van der Waals surface area contributed by atoms with Gasteiger partial charge in [0, 0.05) is 25.6 Å². The Bertz CT molecular complexity index is 743. The number of amides is 1. The van der Waals surface area contributed by atoms with Crippen LogP contribution in [-0.4, -0.2) is 51.0 Å². The molecule has 0 radical (unpaired) electrons. The Morgan fingerprint density at radius 2 is 1.72 bits per heavy atom. The smallest absolute Gasteiger partial charge is 0.465 e. The van der Waals surface area contributed by atoms with Crippen molar-refractivity contribution in [3.8, 4) is 0 Å². The molecule has 3 rings (SSSR count). The van der Waals surface area contributed by atoms with Crippen molar-refractivity contribution in [1.29, 1.82) is 0 Å². The Balaban J connectivity index is 0.000000321. The zero-order chi connectivity index (χ0) is 21.7. The van der Waals surface area contributed by atoms with E-state index in [-0.39, 0.29) is 17.3 Å². The van der Waals surface area contributed by atoms with Crippen LogP contribution in [0.25, 0.3) is 0 Å². The summed E-state index contributed by atoms with van der Waals surface area (Å²) in [5.41, 5.74) is 1.50. The van der Waals surface area contributed by atoms with E-state index in [4.69, 9.17) is 0 Å². The summed E-state index contributed by atoms with van der Waals surface area (Å²) >= 11 is 0. The molecule has 2 aliphatic rings. The Morgan fingerprint density at radius 3 is 2.17 bits per heavy atom. The van der Waals surface area contributed by atoms with Gasteiger partial charge in [0.25, 0.3) is 0 Å². The van der Waals surface area contributed by atoms with E-state index in [1.807, 2.05) is 17.0 Å². The normalized spacial score (nSPS) is 18.1. The zero-order valence-electron chi connectivity index (χ0n) is 16.2. The third-order valence-corrected chi connectivity index (χ3v) is 4.84. The molecule has 1 spiro atoms. The van der Waals surface area contributed by atoms with Crippen LogP contribution in [0.2, 0.25) is 0 Å². The molecule has 0 saturated carbocycles. The van der Waals surface area contributed by atoms with E-state index < -0.39 is 12.3 Å². The molecule has 0 aliphatic carbocycles. The van der Waals surface area contributed by atoms with Crippen LogP contribution >= 0.6 is 0 Å². The number of nitrogens with zero attached hydrogens (tertiary/aromatic N) is 1. The number of hydrogen-bond donors (Lipinski definition) is 1. The lowest BCUT2D eigenvalue weighted by molar-refractivity contribution is -0.304. The minimum atomic E-state index is -4.83. The Hall–Kier alpha value is -2.62. The van der Waals surface area contributed by atoms with Gasteiger partial charge in [-0.25, -0.2) is 4.79 Å². The number of benzene rings is 1. The van der Waals surface area contributed by atoms with Gasteiger partial charge in [-0.05, 0) is 55.6 Å². The molecular weight excluding hydrogens is 393 g/mol. The van der Waals surface area contributed by atoms with E-state index in [1.54, 1.807) is 12.1 Å². The highest BCUT2D eigenvalue weighted by Crippen LogP contribution is 2.41. The standard InChI is InChI=1S/C16H20N2O3.C3H3F3O2/c1-21-15(20)12-2-4-13(5-3-12)18-11-16(10-14(18)19)6-8-17-9-7-16;1-2(7)8-3(4,5)6/h2-5,17H,6-11H2,1H3;1H3. The Kier molecular flexibility index (Phi) is 7.23. The number of anilines is 1. The number of alkyl halides is 3. The topological polar surface area (TPSA) is 84.9 Å². The van der Waals surface area contributed by atoms with Gasteiger partial charge in [-0.2, -0.15) is 0 Å². The lowest BCUT2D eigenvalue weighted by Crippen LogP contribution is -2.38. The van der Waals surface area contributed by atoms with Gasteiger partial charge in [-0.1, -0.05) is 0 Å². The molecule has 2 heterocycles. The molecule has 2 aliphatic heterocycles. The van der Waals surface area contributed by atoms with Crippen molar-refractivity contribution >= 4 is 23.5 Å². The third kappa shape index (κ3) is 6.45. The van der Waals surface area contributed by atoms with Crippen molar-refractivity contribution in [3.63, 3.8) is 0 Å². The second-order valence-electron chi connectivity index (χ2n) is 6.98. The van der Waals surface area contributed by atoms with Crippen molar-refractivity contribution in [2.45, 2.75) is 32.5 Å². The van der Waals surface area contributed by atoms with Gasteiger partial charge in [0.2, 0.25) is 5.91 Å². The molecule has 0 unspecified atom stereocenters. The van der Waals surface area contributed by atoms with Crippen LogP contribution in [0.1, 0.15) is 36.5 Å². The first-order chi connectivity index (χ1) is 13.6. The maximum atomic E-state index is 12.3. The van der Waals surface area contributed by atoms with E-state index in [0.29, 0.717) is 18.9 Å². The summed E-state index contributed by atoms with van der Waals surface area (Å²) in [5.74, 6) is -1.52. The summed E-state index contributed by atoms with van der Waals surface area (Å²) in [6.45, 7) is 3.45. The van der Waals surface area contributed by atoms with Crippen molar-refractivity contribution in [1.82, 2.24) is 5.32 Å². The number of carbonyl (C=O) groups is 3. The molecule has 2 saturated heterocycles. The Labute approximate surface area is 166 Å². The summed E-state index contributed by atoms with van der Waals surface area (Å²) in [7, 11) is 1.36. The summed E-state index contributed by atoms with van der Waals surface area (Å²) in [6.07, 6.45) is -2.09. The van der Waals surface area contributed by atoms with E-state index in [1.165, 1.54) is 7.11 Å². The summed E-state index contributed by atoms with van der Waals surface area (Å²) in [6, 6.07) is 7.07. The maximum absolute atomic E-state index is 12.3. The van der Waals surface area contributed by atoms with Gasteiger partial charge in [0.05, 0.1) is 12.7 Å². The van der Waals surface area contributed by atoms with Gasteiger partial charge in [0.1, 0.15) is 0 Å². The van der Waals surface area contributed by atoms with Crippen LogP contribution in [0.3, 0.4) is 0 Å². The van der Waals surface area contributed by atoms with Gasteiger partial charge in [-0.3, -0.25) is 9.59 Å². The number of halogens is 3. The van der Waals surface area contributed by atoms with E-state index in [9.17, 15) is 27.6 Å². The van der Waals surface area contributed by atoms with Crippen molar-refractivity contribution in [3.05, 3.63) is 29.8 Å². The van der Waals surface area contributed by atoms with Crippen molar-refractivity contribution in [2.75, 3.05) is 31.6 Å². The van der Waals surface area contributed by atoms with Crippen molar-refractivity contribution < 1.29 is 37.0 Å². The molecule has 7 nitrogen and oxygen atoms in total. The average Bonchev–Trinajstić information content (AvgIpc) is 2.96. The van der Waals surface area contributed by atoms with Crippen LogP contribution in [0.15, 0.2) is 24.3 Å². The summed E-state index contributed by atoms with van der Waals surface area (Å²) in [4.78, 5) is 35.2. The maximum Gasteiger partial charge on any atom is 0.575 e. The number of piperidine rings is 1. The number of esters is 2. The number of nitrogens with one attached hydrogen (secondary N) is 1. The fourth-order valence-corrected chi connectivity index (χ4v) is 3.48. The molecule has 2 fully saturated rings. The molecule has 1 aromatic rings. The monoisotopic (exact) mass is 416 g/mol. The fourth-order valence-electron chi connectivity index (χ4n) is 3.48. The molecule has 0 aromatic heterocycles. The molecule has 29 heavy (non-hydrogen) atoms. The SMILES string of the molecule is CC(=O)OC(F)(F)F.COC(=O)c1ccc(N2CC3(CCNCC3)CC2=O)cc1. The first-order valence-electron chi connectivity index (χ1n) is 9.01. The lowest BCUT2D eigenvalue weighted by atomic mass is 9.78. The van der Waals surface area contributed by atoms with Gasteiger partial charge < -0.3 is 19.7 Å². The minimum Gasteiger partial charge on any atom is -0.465 e. The predicted molar refractivity (Wildman–Crippen MR) is 97.1 cm³/mol. The molecule has 1 aromatic carbocycles. The predicted octanol–water partition coefficient (Wildman–Crippen LogP) is 2.65. The number of rotatable bonds is 2. The van der Waals surface area contributed by atoms with Crippen LogP contribution < -0.4 is 10.2 Å². The summed E-state index contributed by atoms with van der Waals surface area (Å²) < 4.78 is 40.1. The number of methoxy groups -OCH3 is 1. The Morgan fingerprint density at radius 1 is 1.14 bits per heavy atom. The quantitative estimate of drug-likeness (QED) is 0.747. The van der Waals surface area contributed by atoms with Crippen LogP contribution in [0.5, 0.6) is 0 Å². The molecule has 0 atom stereocenters. The van der Waals surface area contributed by atoms with Gasteiger partial charge in [0.15, 0.2) is 0 Å². The second-order valence-corrected chi connectivity index (χ2v) is 6.98. The first kappa shape index (κ1) is 22.7. The van der Waals surface area contributed by atoms with E-state index in [2.05, 4.69) is 14.8 Å². The molecule has 160 valence electrons. The average molecular weight is 416 g/mol. The molecule has 0 bridgehead atoms. The molecule has 10 heteroatoms. The van der Waals surface area contributed by atoms with E-state index in [0.717, 1.165) is 38.2 Å². The highest BCUT2D eigenvalue weighted by Gasteiger charge is 2.44. The van der Waals surface area contributed by atoms with Crippen LogP contribution in [-0.2, 0) is 19.1 Å². The molecule has 1 amide bonds. The van der Waals surface area contributed by atoms with E-state index >= 15 is 0 Å². The van der Waals surface area contributed by atoms with Gasteiger partial charge >= 0.3 is 18.3 Å². The fraction of sp³-hybridized carbons (Fsp3) is 0.526. The number of carbonyl (C=O) groups excluding carboxylic acids is 3. The summed E-state index contributed by atoms with van der Waals surface area (Å²) in [5, 5.41) is 3.35. The molecule has 1 N–H and O–H groups in total. The van der Waals surface area contributed by atoms with Crippen molar-refractivity contribution in [2.24, 2.45) is 5.41 Å². The second kappa shape index (κ2) is 9.25. The zero-order valence-corrected chi connectivity index (χ0v) is 16.2. The number of ether oxygens (including phenoxy) is 2. The number of hydrogen-bond acceptors (Lipinski definition) is 6. The highest BCUT2D eigenvalue weighted by atomic mass is 19.4. The lowest BCUT2D eigenvalue weighted by Gasteiger charge is -2.33. The first-order valence-corrected chi connectivity index (χ1v) is 9.01. The molecular formula is C19H23F3N2O5. The minimum absolute atomic E-state index is 0.128. The largest absolute Gasteiger partial charge is 0.575 e. The highest BCUT2D eigenvalue weighted by molar-refractivity contribution is 5.97. The third-order valence-electron chi connectivity index (χ3n) is 4.84.